The van der Waals surface area contributed by atoms with E-state index in [0.717, 1.165) is 10.8 Å². The summed E-state index contributed by atoms with van der Waals surface area (Å²) in [4.78, 5) is 25.3. The summed E-state index contributed by atoms with van der Waals surface area (Å²) >= 11 is 0. The van der Waals surface area contributed by atoms with Gasteiger partial charge in [0.05, 0.1) is 17.6 Å². The van der Waals surface area contributed by atoms with E-state index in [-0.39, 0.29) is 56.3 Å². The van der Waals surface area contributed by atoms with Gasteiger partial charge in [0, 0.05) is 31.9 Å². The van der Waals surface area contributed by atoms with Crippen LogP contribution in [0.1, 0.15) is 43.9 Å². The fourth-order valence-electron chi connectivity index (χ4n) is 3.34. The van der Waals surface area contributed by atoms with Gasteiger partial charge in [0.1, 0.15) is 6.17 Å². The normalized spacial score (nSPS) is 18.9. The topological polar surface area (TPSA) is 65.4 Å². The Bertz CT molecular complexity index is 737. The summed E-state index contributed by atoms with van der Waals surface area (Å²) in [5.74, 6) is -1.62. The molecule has 152 valence electrons. The average Bonchev–Trinajstić information content (AvgIpc) is 2.95. The van der Waals surface area contributed by atoms with Gasteiger partial charge >= 0.3 is 25.0 Å². The fourth-order valence-corrected chi connectivity index (χ4v) is 3.34. The fraction of sp³-hybridized carbons (Fsp3) is 0.667. The summed E-state index contributed by atoms with van der Waals surface area (Å²) in [6, 6.07) is -0.909. The Labute approximate surface area is 172 Å². The summed E-state index contributed by atoms with van der Waals surface area (Å²) in [6.45, 7) is 4.30. The van der Waals surface area contributed by atoms with Crippen LogP contribution in [0.4, 0.5) is 17.6 Å². The van der Waals surface area contributed by atoms with Crippen LogP contribution < -0.4 is 29.5 Å². The average molecular weight is 398 g/mol. The molecule has 0 spiro atoms. The number of likely N-dealkylation sites (tertiary alicyclic amines) is 1. The number of carbonyl (C=O) groups is 1. The van der Waals surface area contributed by atoms with E-state index < -0.39 is 35.5 Å². The van der Waals surface area contributed by atoms with Crippen molar-refractivity contribution in [1.29, 1.82) is 0 Å². The number of aliphatic carboxylic acids is 1. The third kappa shape index (κ3) is 6.36. The smallest absolute Gasteiger partial charge is 0.548 e. The maximum absolute atomic E-state index is 13.3. The molecule has 0 aromatic carbocycles. The number of hydrogen-bond acceptors (Lipinski definition) is 4. The number of carboxylic acids is 1. The largest absolute Gasteiger partial charge is 1.00 e. The van der Waals surface area contributed by atoms with Gasteiger partial charge < -0.3 is 19.4 Å². The zero-order valence-corrected chi connectivity index (χ0v) is 16.3. The third-order valence-electron chi connectivity index (χ3n) is 4.68. The summed E-state index contributed by atoms with van der Waals surface area (Å²) in [5.41, 5.74) is -2.30. The Balaban J connectivity index is 0.00000392. The van der Waals surface area contributed by atoms with Gasteiger partial charge in [-0.25, -0.2) is 4.39 Å². The van der Waals surface area contributed by atoms with Crippen molar-refractivity contribution < 1.29 is 46.3 Å². The van der Waals surface area contributed by atoms with Crippen molar-refractivity contribution in [2.75, 3.05) is 19.6 Å². The number of aromatic nitrogens is 1. The van der Waals surface area contributed by atoms with Crippen molar-refractivity contribution in [3.8, 4) is 0 Å². The molecule has 1 aliphatic rings. The number of pyridine rings is 1. The first-order valence-electron chi connectivity index (χ1n) is 8.88. The molecule has 1 aromatic rings. The first kappa shape index (κ1) is 24.7. The van der Waals surface area contributed by atoms with Crippen LogP contribution >= 0.6 is 0 Å². The molecule has 0 aliphatic carbocycles. The molecule has 1 saturated heterocycles. The zero-order valence-electron chi connectivity index (χ0n) is 16.3. The Morgan fingerprint density at radius 2 is 2.00 bits per heavy atom. The maximum atomic E-state index is 13.3. The van der Waals surface area contributed by atoms with Crippen LogP contribution in [0, 0.1) is 5.92 Å². The molecule has 10 heteroatoms. The molecule has 1 aliphatic heterocycles. The minimum absolute atomic E-state index is 0. The van der Waals surface area contributed by atoms with Crippen LogP contribution in [-0.4, -0.2) is 41.2 Å². The molecule has 1 fully saturated rings. The molecule has 1 aromatic heterocycles. The van der Waals surface area contributed by atoms with E-state index in [1.54, 1.807) is 18.7 Å². The second kappa shape index (κ2) is 9.95. The van der Waals surface area contributed by atoms with Crippen LogP contribution in [0.15, 0.2) is 17.1 Å². The second-order valence-electron chi connectivity index (χ2n) is 7.36. The predicted octanol–water partition coefficient (Wildman–Crippen LogP) is -1.21. The number of carboxylic acid groups (broad SMARTS) is 1. The van der Waals surface area contributed by atoms with E-state index in [2.05, 4.69) is 0 Å². The Morgan fingerprint density at radius 1 is 1.36 bits per heavy atom. The number of carbonyl (C=O) groups excluding carboxylic acids is 1. The summed E-state index contributed by atoms with van der Waals surface area (Å²) in [5, 5.41) is 11.4. The van der Waals surface area contributed by atoms with Gasteiger partial charge in [0.15, 0.2) is 0 Å². The van der Waals surface area contributed by atoms with Gasteiger partial charge in [0.2, 0.25) is 0 Å². The molecule has 0 bridgehead atoms. The van der Waals surface area contributed by atoms with E-state index in [4.69, 9.17) is 0 Å². The SMILES string of the molecule is CC(C)CC(C(=O)[O-])n1cc(CCN2CC[C@@H](F)C2)c(C(F)(F)F)cc1=O.[Li+]. The minimum Gasteiger partial charge on any atom is -0.548 e. The van der Waals surface area contributed by atoms with Crippen LogP contribution in [0.25, 0.3) is 0 Å². The molecular formula is C18H23F4LiN2O3. The van der Waals surface area contributed by atoms with Gasteiger partial charge in [-0.2, -0.15) is 13.2 Å². The standard InChI is InChI=1S/C18H24F4N2O3.Li/c1-11(2)7-15(17(26)27)24-9-12(3-5-23-6-4-13(19)10-23)14(8-16(24)25)18(20,21)22;/h8-9,11,13,15H,3-7,10H2,1-2H3,(H,26,27);/q;+1/p-1/t13-,15?;/m1./s1. The number of nitrogens with zero attached hydrogens (tertiary/aromatic N) is 2. The van der Waals surface area contributed by atoms with Crippen LogP contribution in [0.5, 0.6) is 0 Å². The molecule has 2 heterocycles. The van der Waals surface area contributed by atoms with E-state index >= 15 is 0 Å². The molecule has 0 saturated carbocycles. The second-order valence-corrected chi connectivity index (χ2v) is 7.36. The van der Waals surface area contributed by atoms with Crippen molar-refractivity contribution in [3.05, 3.63) is 33.7 Å². The van der Waals surface area contributed by atoms with E-state index in [1.807, 2.05) is 0 Å². The van der Waals surface area contributed by atoms with E-state index in [0.29, 0.717) is 19.0 Å². The quantitative estimate of drug-likeness (QED) is 0.428. The van der Waals surface area contributed by atoms with Gasteiger partial charge in [-0.1, -0.05) is 13.8 Å². The minimum atomic E-state index is -4.74. The molecule has 5 nitrogen and oxygen atoms in total. The molecule has 1 unspecified atom stereocenters. The van der Waals surface area contributed by atoms with Crippen molar-refractivity contribution in [3.63, 3.8) is 0 Å². The first-order valence-corrected chi connectivity index (χ1v) is 8.88. The van der Waals surface area contributed by atoms with Crippen molar-refractivity contribution >= 4 is 5.97 Å². The number of alkyl halides is 4. The van der Waals surface area contributed by atoms with Crippen LogP contribution in [0.3, 0.4) is 0 Å². The summed E-state index contributed by atoms with van der Waals surface area (Å²) in [6.07, 6.45) is -4.43. The Kier molecular flexibility index (Phi) is 8.79. The number of halogens is 4. The molecule has 2 rings (SSSR count). The number of hydrogen-bond donors (Lipinski definition) is 0. The molecule has 0 amide bonds. The summed E-state index contributed by atoms with van der Waals surface area (Å²) in [7, 11) is 0. The third-order valence-corrected chi connectivity index (χ3v) is 4.68. The van der Waals surface area contributed by atoms with Gasteiger partial charge in [-0.3, -0.25) is 4.79 Å². The van der Waals surface area contributed by atoms with Crippen LogP contribution in [0.2, 0.25) is 0 Å². The van der Waals surface area contributed by atoms with Gasteiger partial charge in [-0.15, -0.1) is 0 Å². The van der Waals surface area contributed by atoms with E-state index in [1.165, 1.54) is 0 Å². The molecule has 0 radical (unpaired) electrons. The summed E-state index contributed by atoms with van der Waals surface area (Å²) < 4.78 is 54.1. The van der Waals surface area contributed by atoms with Gasteiger partial charge in [0.25, 0.3) is 5.56 Å². The molecule has 2 atom stereocenters. The van der Waals surface area contributed by atoms with E-state index in [9.17, 15) is 32.3 Å². The van der Waals surface area contributed by atoms with Crippen LogP contribution in [-0.2, 0) is 17.4 Å². The first-order chi connectivity index (χ1) is 12.5. The molecular weight excluding hydrogens is 375 g/mol. The molecule has 0 N–H and O–H groups in total. The molecule has 28 heavy (non-hydrogen) atoms. The zero-order chi connectivity index (χ0) is 20.4. The van der Waals surface area contributed by atoms with Crippen molar-refractivity contribution in [2.45, 2.75) is 51.5 Å². The monoisotopic (exact) mass is 398 g/mol. The number of rotatable bonds is 7. The van der Waals surface area contributed by atoms with Gasteiger partial charge in [-0.05, 0) is 30.7 Å². The van der Waals surface area contributed by atoms with Crippen molar-refractivity contribution in [1.82, 2.24) is 9.47 Å². The maximum Gasteiger partial charge on any atom is 1.00 e. The Morgan fingerprint density at radius 3 is 2.46 bits per heavy atom. The van der Waals surface area contributed by atoms with Crippen molar-refractivity contribution in [2.24, 2.45) is 5.92 Å². The predicted molar refractivity (Wildman–Crippen MR) is 88.9 cm³/mol. The Hall–Kier alpha value is -1.30.